The largest absolute Gasteiger partial charge is 0.507 e. The van der Waals surface area contributed by atoms with Gasteiger partial charge in [-0.1, -0.05) is 6.07 Å². The maximum absolute atomic E-state index is 12.7. The molecule has 0 amide bonds. The number of aliphatic hydroxyl groups excluding tert-OH is 4. The standard InChI is InChI=1S/C19H18O9/c20-7-13-16(23)17(24)18(25)19(28-13)26-8-4-5-11-9(6-8)15(22)14-10(21)2-1-3-12(14)27-11/h1-6,13,16-21,23-25H,7H2/t13-,16+,17+,18-,19-/m1/s1. The van der Waals surface area contributed by atoms with E-state index in [1.807, 2.05) is 0 Å². The Morgan fingerprint density at radius 2 is 1.79 bits per heavy atom. The monoisotopic (exact) mass is 390 g/mol. The van der Waals surface area contributed by atoms with Crippen LogP contribution in [0.1, 0.15) is 0 Å². The summed E-state index contributed by atoms with van der Waals surface area (Å²) in [5.74, 6) is -0.0905. The zero-order valence-corrected chi connectivity index (χ0v) is 14.4. The van der Waals surface area contributed by atoms with Gasteiger partial charge in [-0.05, 0) is 30.3 Å². The van der Waals surface area contributed by atoms with Gasteiger partial charge < -0.3 is 39.4 Å². The molecular formula is C19H18O9. The molecule has 1 aliphatic rings. The van der Waals surface area contributed by atoms with Gasteiger partial charge in [-0.3, -0.25) is 4.79 Å². The number of ether oxygens (including phenoxy) is 2. The Morgan fingerprint density at radius 1 is 1.00 bits per heavy atom. The summed E-state index contributed by atoms with van der Waals surface area (Å²) in [6.07, 6.45) is -7.16. The first-order chi connectivity index (χ1) is 13.4. The van der Waals surface area contributed by atoms with E-state index in [1.54, 1.807) is 12.1 Å². The summed E-state index contributed by atoms with van der Waals surface area (Å²) < 4.78 is 16.5. The molecule has 0 spiro atoms. The Kier molecular flexibility index (Phi) is 4.69. The van der Waals surface area contributed by atoms with Crippen LogP contribution in [-0.2, 0) is 4.74 Å². The minimum absolute atomic E-state index is 0.0278. The molecule has 0 unspecified atom stereocenters. The summed E-state index contributed by atoms with van der Waals surface area (Å²) >= 11 is 0. The molecule has 0 saturated carbocycles. The van der Waals surface area contributed by atoms with Crippen molar-refractivity contribution in [2.24, 2.45) is 0 Å². The van der Waals surface area contributed by atoms with E-state index < -0.39 is 42.7 Å². The van der Waals surface area contributed by atoms with E-state index >= 15 is 0 Å². The molecule has 0 bridgehead atoms. The van der Waals surface area contributed by atoms with Gasteiger partial charge in [-0.2, -0.15) is 0 Å². The van der Waals surface area contributed by atoms with Crippen LogP contribution in [0, 0.1) is 0 Å². The van der Waals surface area contributed by atoms with Crippen molar-refractivity contribution in [3.05, 3.63) is 46.6 Å². The summed E-state index contributed by atoms with van der Waals surface area (Å²) in [5.41, 5.74) is 0.0398. The van der Waals surface area contributed by atoms with E-state index in [9.17, 15) is 30.3 Å². The predicted octanol–water partition coefficient (Wildman–Crippen LogP) is -0.169. The molecular weight excluding hydrogens is 372 g/mol. The molecule has 0 radical (unpaired) electrons. The van der Waals surface area contributed by atoms with Crippen LogP contribution < -0.4 is 10.2 Å². The fourth-order valence-electron chi connectivity index (χ4n) is 3.23. The molecule has 0 aliphatic carbocycles. The number of phenolic OH excluding ortho intramolecular Hbond substituents is 1. The molecule has 5 N–H and O–H groups in total. The van der Waals surface area contributed by atoms with Crippen molar-refractivity contribution in [1.29, 1.82) is 0 Å². The topological polar surface area (TPSA) is 150 Å². The van der Waals surface area contributed by atoms with Gasteiger partial charge in [0, 0.05) is 0 Å². The van der Waals surface area contributed by atoms with Crippen LogP contribution in [0.4, 0.5) is 0 Å². The highest BCUT2D eigenvalue weighted by atomic mass is 16.7. The van der Waals surface area contributed by atoms with E-state index in [0.29, 0.717) is 0 Å². The van der Waals surface area contributed by atoms with Crippen LogP contribution >= 0.6 is 0 Å². The SMILES string of the molecule is O=c1c2cc(O[C@@H]3O[C@H](CO)[C@H](O)[C@H](O)[C@H]3O)ccc2oc2cccc(O)c12. The second kappa shape index (κ2) is 7.04. The quantitative estimate of drug-likeness (QED) is 0.384. The zero-order chi connectivity index (χ0) is 20.0. The summed E-state index contributed by atoms with van der Waals surface area (Å²) in [6, 6.07) is 8.81. The number of benzene rings is 2. The molecule has 2 aromatic carbocycles. The summed E-state index contributed by atoms with van der Waals surface area (Å²) in [4.78, 5) is 12.7. The first-order valence-electron chi connectivity index (χ1n) is 8.56. The van der Waals surface area contributed by atoms with E-state index in [4.69, 9.17) is 13.9 Å². The van der Waals surface area contributed by atoms with Gasteiger partial charge in [-0.25, -0.2) is 0 Å². The lowest BCUT2D eigenvalue weighted by molar-refractivity contribution is -0.277. The second-order valence-electron chi connectivity index (χ2n) is 6.55. The van der Waals surface area contributed by atoms with Crippen LogP contribution in [-0.4, -0.2) is 62.8 Å². The number of hydrogen-bond acceptors (Lipinski definition) is 9. The Hall–Kier alpha value is -2.69. The molecule has 148 valence electrons. The molecule has 1 aromatic heterocycles. The van der Waals surface area contributed by atoms with Gasteiger partial charge in [0.05, 0.1) is 12.0 Å². The van der Waals surface area contributed by atoms with Gasteiger partial charge in [0.15, 0.2) is 0 Å². The van der Waals surface area contributed by atoms with Crippen molar-refractivity contribution in [2.75, 3.05) is 6.61 Å². The van der Waals surface area contributed by atoms with Crippen LogP contribution in [0.5, 0.6) is 11.5 Å². The first-order valence-corrected chi connectivity index (χ1v) is 8.56. The molecule has 9 nitrogen and oxygen atoms in total. The molecule has 3 aromatic rings. The Morgan fingerprint density at radius 3 is 2.54 bits per heavy atom. The molecule has 28 heavy (non-hydrogen) atoms. The van der Waals surface area contributed by atoms with Crippen LogP contribution in [0.3, 0.4) is 0 Å². The van der Waals surface area contributed by atoms with Gasteiger partial charge >= 0.3 is 0 Å². The molecule has 4 rings (SSSR count). The summed E-state index contributed by atoms with van der Waals surface area (Å²) in [6.45, 7) is -0.586. The van der Waals surface area contributed by atoms with Crippen molar-refractivity contribution < 1.29 is 39.4 Å². The molecule has 1 fully saturated rings. The lowest BCUT2D eigenvalue weighted by Gasteiger charge is -2.39. The van der Waals surface area contributed by atoms with Gasteiger partial charge in [-0.15, -0.1) is 0 Å². The number of phenols is 1. The van der Waals surface area contributed by atoms with Crippen molar-refractivity contribution in [3.8, 4) is 11.5 Å². The van der Waals surface area contributed by atoms with Gasteiger partial charge in [0.25, 0.3) is 0 Å². The number of aromatic hydroxyl groups is 1. The fraction of sp³-hybridized carbons (Fsp3) is 0.316. The molecule has 2 heterocycles. The molecule has 1 aliphatic heterocycles. The third-order valence-corrected chi connectivity index (χ3v) is 4.75. The van der Waals surface area contributed by atoms with E-state index in [1.165, 1.54) is 24.3 Å². The van der Waals surface area contributed by atoms with Crippen LogP contribution in [0.15, 0.2) is 45.6 Å². The van der Waals surface area contributed by atoms with E-state index in [0.717, 1.165) is 0 Å². The highest BCUT2D eigenvalue weighted by molar-refractivity contribution is 5.93. The summed E-state index contributed by atoms with van der Waals surface area (Å²) in [5, 5.41) is 49.1. The third-order valence-electron chi connectivity index (χ3n) is 4.75. The number of hydrogen-bond donors (Lipinski definition) is 5. The Balaban J connectivity index is 1.72. The summed E-state index contributed by atoms with van der Waals surface area (Å²) in [7, 11) is 0. The lowest BCUT2D eigenvalue weighted by atomic mass is 9.99. The molecule has 5 atom stereocenters. The number of rotatable bonds is 3. The van der Waals surface area contributed by atoms with Gasteiger partial charge in [0.1, 0.15) is 52.5 Å². The van der Waals surface area contributed by atoms with Crippen LogP contribution in [0.2, 0.25) is 0 Å². The highest BCUT2D eigenvalue weighted by Crippen LogP contribution is 2.29. The third kappa shape index (κ3) is 2.99. The van der Waals surface area contributed by atoms with Gasteiger partial charge in [0.2, 0.25) is 11.7 Å². The normalized spacial score (nSPS) is 27.9. The maximum atomic E-state index is 12.7. The minimum Gasteiger partial charge on any atom is -0.507 e. The first kappa shape index (κ1) is 18.7. The van der Waals surface area contributed by atoms with E-state index in [-0.39, 0.29) is 33.4 Å². The van der Waals surface area contributed by atoms with E-state index in [2.05, 4.69) is 0 Å². The van der Waals surface area contributed by atoms with Crippen LogP contribution in [0.25, 0.3) is 21.9 Å². The Labute approximate surface area is 157 Å². The van der Waals surface area contributed by atoms with Crippen molar-refractivity contribution in [2.45, 2.75) is 30.7 Å². The minimum atomic E-state index is -1.58. The van der Waals surface area contributed by atoms with Crippen molar-refractivity contribution >= 4 is 21.9 Å². The number of fused-ring (bicyclic) bond motifs is 2. The average molecular weight is 390 g/mol. The second-order valence-corrected chi connectivity index (χ2v) is 6.55. The highest BCUT2D eigenvalue weighted by Gasteiger charge is 2.44. The predicted molar refractivity (Wildman–Crippen MR) is 96.1 cm³/mol. The average Bonchev–Trinajstić information content (AvgIpc) is 2.69. The maximum Gasteiger partial charge on any atom is 0.229 e. The molecule has 9 heteroatoms. The number of aliphatic hydroxyl groups is 4. The Bertz CT molecular complexity index is 1070. The fourth-order valence-corrected chi connectivity index (χ4v) is 3.23. The smallest absolute Gasteiger partial charge is 0.229 e. The van der Waals surface area contributed by atoms with Crippen molar-refractivity contribution in [1.82, 2.24) is 0 Å². The zero-order valence-electron chi connectivity index (χ0n) is 14.4. The molecule has 1 saturated heterocycles. The van der Waals surface area contributed by atoms with Crippen molar-refractivity contribution in [3.63, 3.8) is 0 Å². The lowest BCUT2D eigenvalue weighted by Crippen LogP contribution is -2.60.